The van der Waals surface area contributed by atoms with Crippen LogP contribution in [0.4, 0.5) is 0 Å². The number of allylic oxidation sites excluding steroid dienone is 3. The number of hydrogen-bond acceptors (Lipinski definition) is 3. The summed E-state index contributed by atoms with van der Waals surface area (Å²) in [5, 5.41) is 0.440. The molecule has 0 N–H and O–H groups in total. The van der Waals surface area contributed by atoms with Crippen LogP contribution in [0, 0.1) is 5.92 Å². The van der Waals surface area contributed by atoms with E-state index in [2.05, 4.69) is 128 Å². The molecule has 3 atom stereocenters. The Balaban J connectivity index is 2.69. The topological polar surface area (TPSA) is 27.7 Å². The van der Waals surface area contributed by atoms with Gasteiger partial charge in [0.15, 0.2) is 25.0 Å². The van der Waals surface area contributed by atoms with Crippen molar-refractivity contribution in [3.05, 3.63) is 23.8 Å². The van der Waals surface area contributed by atoms with Crippen LogP contribution in [0.1, 0.15) is 141 Å². The quantitative estimate of drug-likeness (QED) is 0.108. The van der Waals surface area contributed by atoms with E-state index < -0.39 is 25.0 Å². The molecule has 1 aliphatic rings. The van der Waals surface area contributed by atoms with Gasteiger partial charge in [-0.2, -0.15) is 0 Å². The molecule has 3 nitrogen and oxygen atoms in total. The number of hydrogen-bond donors (Lipinski definition) is 0. The Morgan fingerprint density at radius 3 is 1.64 bits per heavy atom. The van der Waals surface area contributed by atoms with E-state index in [0.29, 0.717) is 0 Å². The maximum Gasteiger partial charge on any atom is 0.192 e. The van der Waals surface area contributed by atoms with Crippen molar-refractivity contribution in [1.82, 2.24) is 0 Å². The van der Waals surface area contributed by atoms with E-state index in [0.717, 1.165) is 31.6 Å². The molecule has 1 saturated carbocycles. The van der Waals surface area contributed by atoms with Crippen molar-refractivity contribution in [2.75, 3.05) is 0 Å². The van der Waals surface area contributed by atoms with E-state index in [4.69, 9.17) is 13.3 Å². The Morgan fingerprint density at radius 1 is 0.750 bits per heavy atom. The molecule has 0 spiro atoms. The monoisotopic (exact) mass is 667 g/mol. The van der Waals surface area contributed by atoms with E-state index in [-0.39, 0.29) is 27.9 Å². The zero-order valence-corrected chi connectivity index (χ0v) is 35.7. The van der Waals surface area contributed by atoms with Gasteiger partial charge in [0.2, 0.25) is 0 Å². The average molecular weight is 667 g/mol. The van der Waals surface area contributed by atoms with Gasteiger partial charge in [0, 0.05) is 0 Å². The molecule has 1 rings (SSSR count). The second-order valence-corrected chi connectivity index (χ2v) is 32.1. The third-order valence-electron chi connectivity index (χ3n) is 11.5. The number of unbranched alkanes of at least 4 members (excludes halogenated alkanes) is 1. The Kier molecular flexibility index (Phi) is 16.6. The number of rotatable bonds is 18. The van der Waals surface area contributed by atoms with E-state index in [1.807, 2.05) is 0 Å². The summed E-state index contributed by atoms with van der Waals surface area (Å²) in [5.41, 5.74) is 1.52. The minimum Gasteiger partial charge on any atom is -0.414 e. The summed E-state index contributed by atoms with van der Waals surface area (Å²) in [5.74, 6) is 0.780. The van der Waals surface area contributed by atoms with Gasteiger partial charge in [0.05, 0.1) is 17.8 Å². The maximum absolute atomic E-state index is 6.97. The first-order valence-electron chi connectivity index (χ1n) is 18.4. The molecule has 0 saturated heterocycles. The van der Waals surface area contributed by atoms with Crippen molar-refractivity contribution in [3.63, 3.8) is 0 Å². The van der Waals surface area contributed by atoms with Crippen molar-refractivity contribution in [3.8, 4) is 0 Å². The summed E-state index contributed by atoms with van der Waals surface area (Å²) >= 11 is 0. The summed E-state index contributed by atoms with van der Waals surface area (Å²) in [6, 6.07) is 3.71. The minimum absolute atomic E-state index is 0.0206. The predicted octanol–water partition coefficient (Wildman–Crippen LogP) is 13.2. The lowest BCUT2D eigenvalue weighted by Crippen LogP contribution is -2.48. The molecule has 0 bridgehead atoms. The lowest BCUT2D eigenvalue weighted by atomic mass is 9.90. The van der Waals surface area contributed by atoms with Crippen molar-refractivity contribution in [2.45, 2.75) is 213 Å². The Bertz CT molecular complexity index is 842. The molecule has 0 aromatic carbocycles. The molecule has 1 fully saturated rings. The second kappa shape index (κ2) is 17.4. The highest BCUT2D eigenvalue weighted by molar-refractivity contribution is 6.74. The SMILES string of the molecule is CC[Si](CC)(CC)OC(C)(C)CCCC(C)CCC/C=C/C=C1C[C@@H](O[Si](C)(C)C(C)(C)C)C[C@H](O[Si](C)(C)C(C)(C)C)C1. The second-order valence-electron chi connectivity index (χ2n) is 17.9. The average Bonchev–Trinajstić information content (AvgIpc) is 2.87. The summed E-state index contributed by atoms with van der Waals surface area (Å²) in [4.78, 5) is 0. The molecular formula is C38H78O3Si3. The van der Waals surface area contributed by atoms with Crippen molar-refractivity contribution < 1.29 is 13.3 Å². The molecule has 0 radical (unpaired) electrons. The lowest BCUT2D eigenvalue weighted by molar-refractivity contribution is 0.0725. The molecule has 0 amide bonds. The van der Waals surface area contributed by atoms with E-state index in [1.165, 1.54) is 55.8 Å². The van der Waals surface area contributed by atoms with Gasteiger partial charge in [0.25, 0.3) is 0 Å². The van der Waals surface area contributed by atoms with Crippen LogP contribution in [0.25, 0.3) is 0 Å². The van der Waals surface area contributed by atoms with Crippen molar-refractivity contribution >= 4 is 25.0 Å². The molecule has 0 aromatic heterocycles. The first-order chi connectivity index (χ1) is 20.0. The highest BCUT2D eigenvalue weighted by Crippen LogP contribution is 2.43. The fraction of sp³-hybridized carbons (Fsp3) is 0.895. The Labute approximate surface area is 280 Å². The fourth-order valence-electron chi connectivity index (χ4n) is 6.14. The van der Waals surface area contributed by atoms with E-state index in [1.54, 1.807) is 0 Å². The molecule has 6 heteroatoms. The van der Waals surface area contributed by atoms with Crippen LogP contribution in [0.5, 0.6) is 0 Å². The highest BCUT2D eigenvalue weighted by Gasteiger charge is 2.43. The van der Waals surface area contributed by atoms with Gasteiger partial charge in [0.1, 0.15) is 0 Å². The Morgan fingerprint density at radius 2 is 1.20 bits per heavy atom. The van der Waals surface area contributed by atoms with Gasteiger partial charge < -0.3 is 13.3 Å². The molecule has 1 aliphatic carbocycles. The molecule has 0 aromatic rings. The lowest BCUT2D eigenvalue weighted by Gasteiger charge is -2.45. The standard InChI is InChI=1S/C38H78O3Si3/c1-17-44(18-2,19-3)41-38(11,12)28-24-26-32(4)25-22-20-21-23-27-33-29-34(39-42(13,14)36(5,6)7)31-35(30-33)40-43(15,16)37(8,9)10/h21,23,27,32,34-35H,17-20,22,24-26,28-31H2,1-16H3/b23-21+/t32?,34-,35-/m1/s1. The first kappa shape index (κ1) is 42.0. The van der Waals surface area contributed by atoms with Crippen LogP contribution in [0.15, 0.2) is 23.8 Å². The van der Waals surface area contributed by atoms with Gasteiger partial charge in [-0.3, -0.25) is 0 Å². The van der Waals surface area contributed by atoms with Gasteiger partial charge in [-0.05, 0) is 113 Å². The van der Waals surface area contributed by atoms with Gasteiger partial charge in [-0.25, -0.2) is 0 Å². The van der Waals surface area contributed by atoms with Crippen molar-refractivity contribution in [1.29, 1.82) is 0 Å². The molecular weight excluding hydrogens is 589 g/mol. The molecule has 44 heavy (non-hydrogen) atoms. The molecule has 1 unspecified atom stereocenters. The Hall–Kier alpha value is 0.0106. The zero-order valence-electron chi connectivity index (χ0n) is 32.7. The predicted molar refractivity (Wildman–Crippen MR) is 204 cm³/mol. The summed E-state index contributed by atoms with van der Waals surface area (Å²) in [7, 11) is -5.22. The maximum atomic E-state index is 6.97. The molecule has 260 valence electrons. The summed E-state index contributed by atoms with van der Waals surface area (Å²) in [6.07, 6.45) is 18.3. The minimum atomic E-state index is -1.84. The molecule has 0 heterocycles. The van der Waals surface area contributed by atoms with Gasteiger partial charge in [-0.15, -0.1) is 0 Å². The third-order valence-corrected chi connectivity index (χ3v) is 25.4. The normalized spacial score (nSPS) is 20.4. The van der Waals surface area contributed by atoms with Crippen molar-refractivity contribution in [2.24, 2.45) is 5.92 Å². The van der Waals surface area contributed by atoms with Gasteiger partial charge >= 0.3 is 0 Å². The fourth-order valence-corrected chi connectivity index (χ4v) is 12.1. The first-order valence-corrected chi connectivity index (χ1v) is 26.8. The van der Waals surface area contributed by atoms with Gasteiger partial charge in [-0.1, -0.05) is 112 Å². The van der Waals surface area contributed by atoms with Crippen LogP contribution in [-0.4, -0.2) is 42.8 Å². The van der Waals surface area contributed by atoms with Crippen LogP contribution >= 0.6 is 0 Å². The van der Waals surface area contributed by atoms with E-state index >= 15 is 0 Å². The highest BCUT2D eigenvalue weighted by atomic mass is 28.4. The van der Waals surface area contributed by atoms with Crippen LogP contribution in [-0.2, 0) is 13.3 Å². The van der Waals surface area contributed by atoms with E-state index in [9.17, 15) is 0 Å². The summed E-state index contributed by atoms with van der Waals surface area (Å²) < 4.78 is 20.8. The third kappa shape index (κ3) is 14.0. The largest absolute Gasteiger partial charge is 0.414 e. The van der Waals surface area contributed by atoms with Crippen LogP contribution < -0.4 is 0 Å². The smallest absolute Gasteiger partial charge is 0.192 e. The zero-order chi connectivity index (χ0) is 34.0. The molecule has 0 aliphatic heterocycles. The summed E-state index contributed by atoms with van der Waals surface area (Å²) in [6.45, 7) is 37.7. The van der Waals surface area contributed by atoms with Crippen LogP contribution in [0.2, 0.25) is 54.4 Å². The van der Waals surface area contributed by atoms with Crippen LogP contribution in [0.3, 0.4) is 0 Å².